The van der Waals surface area contributed by atoms with Crippen LogP contribution in [0, 0.1) is 6.92 Å². The van der Waals surface area contributed by atoms with Crippen molar-refractivity contribution in [2.24, 2.45) is 0 Å². The molecule has 0 unspecified atom stereocenters. The van der Waals surface area contributed by atoms with Gasteiger partial charge in [0.15, 0.2) is 28.8 Å². The molecule has 0 saturated carbocycles. The summed E-state index contributed by atoms with van der Waals surface area (Å²) in [6.07, 6.45) is 0. The monoisotopic (exact) mass is 277 g/mol. The Morgan fingerprint density at radius 2 is 1.85 bits per heavy atom. The fourth-order valence-corrected chi connectivity index (χ4v) is 1.84. The summed E-state index contributed by atoms with van der Waals surface area (Å²) in [5.41, 5.74) is 0.792. The van der Waals surface area contributed by atoms with E-state index in [2.05, 4.69) is 4.98 Å². The van der Waals surface area contributed by atoms with Gasteiger partial charge in [0, 0.05) is 12.5 Å². The number of nitrogens with zero attached hydrogens (tertiary/aromatic N) is 1. The van der Waals surface area contributed by atoms with Gasteiger partial charge in [-0.1, -0.05) is 0 Å². The molecule has 6 nitrogen and oxygen atoms in total. The van der Waals surface area contributed by atoms with Gasteiger partial charge < -0.3 is 18.6 Å². The molecule has 2 rings (SSSR count). The first-order valence-electron chi connectivity index (χ1n) is 5.88. The predicted molar refractivity (Wildman–Crippen MR) is 71.1 cm³/mol. The first-order valence-corrected chi connectivity index (χ1v) is 5.88. The van der Waals surface area contributed by atoms with Crippen LogP contribution in [0.5, 0.6) is 11.5 Å². The molecule has 6 heteroatoms. The van der Waals surface area contributed by atoms with Gasteiger partial charge >= 0.3 is 5.97 Å². The fourth-order valence-electron chi connectivity index (χ4n) is 1.84. The third-order valence-corrected chi connectivity index (χ3v) is 2.76. The smallest absolute Gasteiger partial charge is 0.360 e. The molecule has 1 aromatic heterocycles. The molecule has 1 aromatic carbocycles. The van der Waals surface area contributed by atoms with Crippen molar-refractivity contribution in [2.45, 2.75) is 6.92 Å². The number of oxazole rings is 1. The largest absolute Gasteiger partial charge is 0.493 e. The summed E-state index contributed by atoms with van der Waals surface area (Å²) in [6.45, 7) is 1.66. The van der Waals surface area contributed by atoms with Crippen LogP contribution in [0.1, 0.15) is 16.4 Å². The van der Waals surface area contributed by atoms with Gasteiger partial charge in [-0.2, -0.15) is 0 Å². The molecule has 0 spiro atoms. The Balaban J connectivity index is 2.54. The molecule has 0 saturated heterocycles. The van der Waals surface area contributed by atoms with E-state index in [1.807, 2.05) is 0 Å². The predicted octanol–water partition coefficient (Wildman–Crippen LogP) is 2.45. The highest BCUT2D eigenvalue weighted by atomic mass is 16.5. The van der Waals surface area contributed by atoms with E-state index in [-0.39, 0.29) is 5.69 Å². The number of hydrogen-bond acceptors (Lipinski definition) is 6. The van der Waals surface area contributed by atoms with E-state index in [1.165, 1.54) is 14.2 Å². The molecule has 0 aliphatic carbocycles. The van der Waals surface area contributed by atoms with Crippen LogP contribution in [0.2, 0.25) is 0 Å². The minimum Gasteiger partial charge on any atom is -0.493 e. The Labute approximate surface area is 116 Å². The van der Waals surface area contributed by atoms with E-state index in [0.717, 1.165) is 0 Å². The van der Waals surface area contributed by atoms with Crippen LogP contribution < -0.4 is 9.47 Å². The summed E-state index contributed by atoms with van der Waals surface area (Å²) in [5.74, 6) is 1.30. The van der Waals surface area contributed by atoms with Crippen LogP contribution in [0.4, 0.5) is 0 Å². The first kappa shape index (κ1) is 13.9. The third kappa shape index (κ3) is 2.45. The molecule has 0 aliphatic rings. The summed E-state index contributed by atoms with van der Waals surface area (Å²) < 4.78 is 20.6. The van der Waals surface area contributed by atoms with Crippen molar-refractivity contribution in [2.75, 3.05) is 21.3 Å². The van der Waals surface area contributed by atoms with Crippen molar-refractivity contribution in [3.05, 3.63) is 29.8 Å². The second-order valence-corrected chi connectivity index (χ2v) is 3.97. The summed E-state index contributed by atoms with van der Waals surface area (Å²) in [7, 11) is 4.38. The second kappa shape index (κ2) is 5.64. The quantitative estimate of drug-likeness (QED) is 0.799. The van der Waals surface area contributed by atoms with Gasteiger partial charge in [-0.3, -0.25) is 0 Å². The molecule has 20 heavy (non-hydrogen) atoms. The summed E-state index contributed by atoms with van der Waals surface area (Å²) in [4.78, 5) is 15.7. The maximum absolute atomic E-state index is 11.7. The van der Waals surface area contributed by atoms with Crippen LogP contribution in [0.3, 0.4) is 0 Å². The first-order chi connectivity index (χ1) is 9.60. The SMILES string of the molecule is COC(=O)c1nc(C)oc1-c1ccc(OC)c(OC)c1. The zero-order valence-electron chi connectivity index (χ0n) is 11.7. The van der Waals surface area contributed by atoms with Gasteiger partial charge in [-0.25, -0.2) is 9.78 Å². The van der Waals surface area contributed by atoms with E-state index >= 15 is 0 Å². The molecule has 0 bridgehead atoms. The van der Waals surface area contributed by atoms with Gasteiger partial charge in [0.2, 0.25) is 0 Å². The van der Waals surface area contributed by atoms with Crippen molar-refractivity contribution in [1.82, 2.24) is 4.98 Å². The van der Waals surface area contributed by atoms with E-state index in [9.17, 15) is 4.79 Å². The van der Waals surface area contributed by atoms with Crippen molar-refractivity contribution in [1.29, 1.82) is 0 Å². The van der Waals surface area contributed by atoms with Crippen LogP contribution in [-0.2, 0) is 4.74 Å². The molecular formula is C14H15NO5. The van der Waals surface area contributed by atoms with Crippen molar-refractivity contribution >= 4 is 5.97 Å². The van der Waals surface area contributed by atoms with Gasteiger partial charge in [0.25, 0.3) is 0 Å². The minimum atomic E-state index is -0.549. The molecule has 0 fully saturated rings. The lowest BCUT2D eigenvalue weighted by molar-refractivity contribution is 0.0595. The maximum atomic E-state index is 11.7. The number of ether oxygens (including phenoxy) is 3. The fraction of sp³-hybridized carbons (Fsp3) is 0.286. The number of carbonyl (C=O) groups excluding carboxylic acids is 1. The molecule has 0 amide bonds. The highest BCUT2D eigenvalue weighted by molar-refractivity contribution is 5.93. The highest BCUT2D eigenvalue weighted by Gasteiger charge is 2.21. The van der Waals surface area contributed by atoms with Crippen LogP contribution in [0.15, 0.2) is 22.6 Å². The number of benzene rings is 1. The summed E-state index contributed by atoms with van der Waals surface area (Å²) in [5, 5.41) is 0. The van der Waals surface area contributed by atoms with Gasteiger partial charge in [-0.05, 0) is 18.2 Å². The molecular weight excluding hydrogens is 262 g/mol. The van der Waals surface area contributed by atoms with Crippen LogP contribution >= 0.6 is 0 Å². The summed E-state index contributed by atoms with van der Waals surface area (Å²) in [6, 6.07) is 5.20. The Hall–Kier alpha value is -2.50. The number of esters is 1. The van der Waals surface area contributed by atoms with Gasteiger partial charge in [-0.15, -0.1) is 0 Å². The standard InChI is InChI=1S/C14H15NO5/c1-8-15-12(14(16)19-4)13(20-8)9-5-6-10(17-2)11(7-9)18-3/h5-7H,1-4H3. The highest BCUT2D eigenvalue weighted by Crippen LogP contribution is 2.34. The Morgan fingerprint density at radius 1 is 1.15 bits per heavy atom. The zero-order chi connectivity index (χ0) is 14.7. The van der Waals surface area contributed by atoms with E-state index in [1.54, 1.807) is 32.2 Å². The number of carbonyl (C=O) groups is 1. The third-order valence-electron chi connectivity index (χ3n) is 2.76. The lowest BCUT2D eigenvalue weighted by Gasteiger charge is -2.08. The van der Waals surface area contributed by atoms with Crippen molar-refractivity contribution in [3.63, 3.8) is 0 Å². The van der Waals surface area contributed by atoms with Gasteiger partial charge in [0.1, 0.15) is 0 Å². The van der Waals surface area contributed by atoms with E-state index < -0.39 is 5.97 Å². The van der Waals surface area contributed by atoms with E-state index in [4.69, 9.17) is 18.6 Å². The molecule has 0 atom stereocenters. The van der Waals surface area contributed by atoms with Crippen LogP contribution in [0.25, 0.3) is 11.3 Å². The lowest BCUT2D eigenvalue weighted by atomic mass is 10.1. The molecule has 1 heterocycles. The van der Waals surface area contributed by atoms with Crippen molar-refractivity contribution in [3.8, 4) is 22.8 Å². The minimum absolute atomic E-state index is 0.136. The average molecular weight is 277 g/mol. The molecule has 106 valence electrons. The lowest BCUT2D eigenvalue weighted by Crippen LogP contribution is -2.03. The Kier molecular flexibility index (Phi) is 3.93. The Bertz CT molecular complexity index is 632. The molecule has 0 N–H and O–H groups in total. The van der Waals surface area contributed by atoms with E-state index in [0.29, 0.717) is 28.7 Å². The number of rotatable bonds is 4. The Morgan fingerprint density at radius 3 is 2.45 bits per heavy atom. The van der Waals surface area contributed by atoms with Crippen LogP contribution in [-0.4, -0.2) is 32.3 Å². The molecule has 0 radical (unpaired) electrons. The molecule has 2 aromatic rings. The topological polar surface area (TPSA) is 70.8 Å². The van der Waals surface area contributed by atoms with Gasteiger partial charge in [0.05, 0.1) is 21.3 Å². The number of methoxy groups -OCH3 is 3. The zero-order valence-corrected chi connectivity index (χ0v) is 11.7. The maximum Gasteiger partial charge on any atom is 0.360 e. The number of aryl methyl sites for hydroxylation is 1. The number of hydrogen-bond donors (Lipinski definition) is 0. The molecule has 0 aliphatic heterocycles. The summed E-state index contributed by atoms with van der Waals surface area (Å²) >= 11 is 0. The average Bonchev–Trinajstić information content (AvgIpc) is 2.87. The normalized spacial score (nSPS) is 10.2. The van der Waals surface area contributed by atoms with Crippen molar-refractivity contribution < 1.29 is 23.4 Å². The second-order valence-electron chi connectivity index (χ2n) is 3.97. The number of aromatic nitrogens is 1.